The van der Waals surface area contributed by atoms with E-state index in [4.69, 9.17) is 70.0 Å². The monoisotopic (exact) mass is 1240 g/mol. The number of rotatable bonds is 13. The van der Waals surface area contributed by atoms with E-state index in [1.54, 1.807) is 123 Å². The zero-order valence-corrected chi connectivity index (χ0v) is 48.8. The molecule has 0 aliphatic carbocycles. The van der Waals surface area contributed by atoms with Gasteiger partial charge in [0.05, 0.1) is 87.1 Å². The number of aliphatic imine (C=N–C) groups is 2. The van der Waals surface area contributed by atoms with E-state index in [9.17, 15) is 49.2 Å². The molecule has 2 amide bonds. The fourth-order valence-electron chi connectivity index (χ4n) is 8.57. The van der Waals surface area contributed by atoms with Gasteiger partial charge in [-0.3, -0.25) is 9.59 Å². The van der Waals surface area contributed by atoms with Gasteiger partial charge < -0.3 is 65.1 Å². The number of carboxylic acid groups (broad SMARTS) is 2. The number of carboxylic acids is 2. The van der Waals surface area contributed by atoms with Crippen molar-refractivity contribution in [3.05, 3.63) is 227 Å². The molecule has 1 atom stereocenters. The van der Waals surface area contributed by atoms with E-state index in [1.165, 1.54) is 22.8 Å². The number of carbonyl (C=O) groups excluding carboxylic acids is 4. The molecule has 0 spiro atoms. The number of benzene rings is 6. The summed E-state index contributed by atoms with van der Waals surface area (Å²) in [6.07, 6.45) is 0. The van der Waals surface area contributed by atoms with Crippen molar-refractivity contribution in [3.63, 3.8) is 0 Å². The summed E-state index contributed by atoms with van der Waals surface area (Å²) in [4.78, 5) is 83.2. The van der Waals surface area contributed by atoms with Crippen molar-refractivity contribution in [1.29, 1.82) is 2.56 Å². The average Bonchev–Trinajstić information content (AvgIpc) is 4.07. The Morgan fingerprint density at radius 2 is 0.976 bits per heavy atom. The van der Waals surface area contributed by atoms with Gasteiger partial charge in [-0.25, -0.2) is 30.4 Å². The number of aromatic nitrogens is 2. The first-order valence-corrected chi connectivity index (χ1v) is 26.8. The molecular formula is C59H47Cl5N4O12P2-2. The zero-order valence-electron chi connectivity index (χ0n) is 45.0. The smallest absolute Gasteiger partial charge is 0.338 e. The molecule has 6 aromatic carbocycles. The minimum Gasteiger partial charge on any atom is -0.577 e. The predicted molar refractivity (Wildman–Crippen MR) is 324 cm³/mol. The number of aromatic carboxylic acids is 2. The van der Waals surface area contributed by atoms with E-state index in [2.05, 4.69) is 31.5 Å². The van der Waals surface area contributed by atoms with Gasteiger partial charge in [0, 0.05) is 38.4 Å². The summed E-state index contributed by atoms with van der Waals surface area (Å²) in [5.74, 6) is -4.67. The van der Waals surface area contributed by atoms with Gasteiger partial charge in [-0.05, 0) is 121 Å². The first kappa shape index (κ1) is 60.4. The second-order valence-electron chi connectivity index (χ2n) is 17.2. The van der Waals surface area contributed by atoms with Gasteiger partial charge >= 0.3 is 23.9 Å². The van der Waals surface area contributed by atoms with Crippen LogP contribution < -0.4 is 0 Å². The molecule has 1 unspecified atom stereocenters. The van der Waals surface area contributed by atoms with Crippen molar-refractivity contribution < 1.29 is 58.7 Å². The van der Waals surface area contributed by atoms with Crippen LogP contribution in [0.1, 0.15) is 109 Å². The zero-order chi connectivity index (χ0) is 61.5. The molecule has 10 rings (SSSR count). The number of alkyl halides is 1. The average molecular weight is 1250 g/mol. The summed E-state index contributed by atoms with van der Waals surface area (Å²) in [5.41, 5.74) is 6.40. The summed E-state index contributed by atoms with van der Waals surface area (Å²) in [6.45, 7) is 7.04. The molecule has 82 heavy (non-hydrogen) atoms. The van der Waals surface area contributed by atoms with Crippen LogP contribution in [0.15, 0.2) is 143 Å². The van der Waals surface area contributed by atoms with E-state index < -0.39 is 35.7 Å². The van der Waals surface area contributed by atoms with Crippen LogP contribution >= 0.6 is 77.0 Å². The highest BCUT2D eigenvalue weighted by Gasteiger charge is 2.37. The van der Waals surface area contributed by atoms with Crippen LogP contribution in [0.2, 0.25) is 20.1 Å². The quantitative estimate of drug-likeness (QED) is 0.0313. The molecule has 0 radical (unpaired) electrons. The Kier molecular flexibility index (Phi) is 20.9. The number of hydrogen-bond donors (Lipinski definition) is 5. The minimum atomic E-state index is -1.30. The van der Waals surface area contributed by atoms with Gasteiger partial charge in [0.2, 0.25) is 5.88 Å². The van der Waals surface area contributed by atoms with E-state index in [0.29, 0.717) is 87.3 Å². The number of fused-ring (bicyclic) bond motifs is 2. The third-order valence-corrected chi connectivity index (χ3v) is 13.3. The molecule has 0 fully saturated rings. The van der Waals surface area contributed by atoms with Crippen LogP contribution in [-0.4, -0.2) is 92.9 Å². The fourth-order valence-corrected chi connectivity index (χ4v) is 9.23. The number of esters is 2. The molecule has 2 aliphatic heterocycles. The standard InChI is InChI=1S/C27H16Cl2N2O6.C18H10Cl2N2O2.C13H15ClO4.CH4P.H2P/c28-18-5-1-14(2-6-18)22-20-21(24(32)30-22)23(15-3-7-19(29)8-4-15)31(25(20)33)12-13-9-16(26(34)35)11-17(10-13)27(36)37;19-11-5-1-9(2-6-11)15-13-14(18(24)21-15)16(22-17(13)23)10-3-7-12(20)8-4-10;1-3-17-12(15)10-5-9(8-14)6-11(7-10)13(16)18-4-2;1-2;/h1-11,33H,12H2,(H,34,35)(H,36,37);1-8,21,24H;5-7H,3-4,8H2,1-2H3;1-2H2;1H2/q;;;2*-1/i;;;2D;1D. The van der Waals surface area contributed by atoms with Crippen LogP contribution in [0, 0.1) is 6.66 Å². The van der Waals surface area contributed by atoms with Gasteiger partial charge in [-0.2, -0.15) is 0 Å². The summed E-state index contributed by atoms with van der Waals surface area (Å²) in [7, 11) is 2.31. The number of H-pyrrole nitrogens is 1. The third-order valence-electron chi connectivity index (χ3n) is 12.0. The van der Waals surface area contributed by atoms with Crippen LogP contribution in [0.25, 0.3) is 22.5 Å². The molecular weight excluding hydrogens is 1200 g/mol. The molecule has 422 valence electrons. The van der Waals surface area contributed by atoms with Crippen LogP contribution in [0.4, 0.5) is 0 Å². The number of carbonyl (C=O) groups is 6. The van der Waals surface area contributed by atoms with Gasteiger partial charge in [0.25, 0.3) is 11.8 Å². The molecule has 23 heteroatoms. The van der Waals surface area contributed by atoms with Gasteiger partial charge in [0.1, 0.15) is 0 Å². The molecule has 2 aromatic heterocycles. The van der Waals surface area contributed by atoms with Crippen LogP contribution in [0.3, 0.4) is 0 Å². The fraction of sp³-hybridized carbons (Fsp3) is 0.102. The Balaban J connectivity index is 0.000000207. The number of nitrogens with one attached hydrogen (secondary N) is 1. The number of hydrogen-bond acceptors (Lipinski definition) is 10. The molecule has 4 heterocycles. The molecule has 0 saturated carbocycles. The van der Waals surface area contributed by atoms with E-state index >= 15 is 0 Å². The van der Waals surface area contributed by atoms with Crippen molar-refractivity contribution in [2.45, 2.75) is 26.3 Å². The van der Waals surface area contributed by atoms with Gasteiger partial charge in [0.15, 0.2) is 5.88 Å². The number of nitrogens with zero attached hydrogens (tertiary/aromatic N) is 3. The molecule has 8 aromatic rings. The molecule has 0 bridgehead atoms. The Labute approximate surface area is 502 Å². The highest BCUT2D eigenvalue weighted by Crippen LogP contribution is 2.43. The Morgan fingerprint density at radius 1 is 0.598 bits per heavy atom. The maximum atomic E-state index is 13.2. The summed E-state index contributed by atoms with van der Waals surface area (Å²) >= 11 is 29.6. The Hall–Kier alpha value is -7.65. The van der Waals surface area contributed by atoms with E-state index in [-0.39, 0.29) is 74.5 Å². The Bertz CT molecular complexity index is 3770. The predicted octanol–water partition coefficient (Wildman–Crippen LogP) is 14.0. The van der Waals surface area contributed by atoms with Crippen molar-refractivity contribution in [2.24, 2.45) is 9.98 Å². The molecule has 5 N–H and O–H groups in total. The largest absolute Gasteiger partial charge is 0.577 e. The minimum absolute atomic E-state index is 0.0833. The van der Waals surface area contributed by atoms with Gasteiger partial charge in [-0.1, -0.05) is 94.9 Å². The SMILES string of the molecule is CCOC(=O)c1cc(CCl)cc(C(=O)OCC)c1.O=C(O)c1cc(Cn2c(O)c3c(c2-c2ccc(Cl)cc2)C(=O)N=C3c2ccc(Cl)cc2)cc(C(=O)O)c1.O=C1N=C(c2ccc(Cl)cc2)c2c(O)[nH]c(-c3ccc(Cl)cc3)c21.[2H]P[CH2-].[2H][PH-]. The number of amides is 2. The van der Waals surface area contributed by atoms with E-state index in [1.807, 2.05) is 0 Å². The third kappa shape index (κ3) is 14.3. The van der Waals surface area contributed by atoms with E-state index in [0.717, 1.165) is 11.6 Å². The Morgan fingerprint density at radius 3 is 1.39 bits per heavy atom. The molecule has 2 aliphatic rings. The highest BCUT2D eigenvalue weighted by molar-refractivity contribution is 7.17. The summed E-state index contributed by atoms with van der Waals surface area (Å²) < 4.78 is 22.9. The van der Waals surface area contributed by atoms with Crippen molar-refractivity contribution in [2.75, 3.05) is 13.2 Å². The lowest BCUT2D eigenvalue weighted by atomic mass is 10.0. The van der Waals surface area contributed by atoms with Crippen molar-refractivity contribution in [1.82, 2.24) is 9.55 Å². The maximum Gasteiger partial charge on any atom is 0.338 e. The maximum absolute atomic E-state index is 13.2. The first-order chi connectivity index (χ1) is 40.2. The number of halogens is 5. The van der Waals surface area contributed by atoms with Gasteiger partial charge in [-0.15, -0.1) is 11.6 Å². The first-order valence-electron chi connectivity index (χ1n) is 25.0. The van der Waals surface area contributed by atoms with Crippen LogP contribution in [0.5, 0.6) is 11.8 Å². The lowest BCUT2D eigenvalue weighted by molar-refractivity contribution is 0.0522. The second-order valence-corrected chi connectivity index (χ2v) is 19.2. The summed E-state index contributed by atoms with van der Waals surface area (Å²) in [6, 6.07) is 35.6. The second kappa shape index (κ2) is 28.4. The number of aromatic hydroxyl groups is 2. The highest BCUT2D eigenvalue weighted by atomic mass is 35.5. The topological polar surface area (TPSA) is 247 Å². The lowest BCUT2D eigenvalue weighted by Gasteiger charge is -2.14. The lowest BCUT2D eigenvalue weighted by Crippen LogP contribution is -2.10. The van der Waals surface area contributed by atoms with Crippen molar-refractivity contribution in [3.8, 4) is 34.3 Å². The number of ether oxygens (including phenoxy) is 2. The normalized spacial score (nSPS) is 12.1. The van der Waals surface area contributed by atoms with Crippen LogP contribution in [-0.2, 0) is 21.9 Å². The number of aromatic amines is 1. The van der Waals surface area contributed by atoms with Crippen molar-refractivity contribution >= 4 is 124 Å². The molecule has 0 saturated heterocycles. The summed E-state index contributed by atoms with van der Waals surface area (Å²) in [5, 5.41) is 42.8. The molecule has 16 nitrogen and oxygen atoms in total.